The summed E-state index contributed by atoms with van der Waals surface area (Å²) in [6, 6.07) is 19.9. The number of ether oxygens (including phenoxy) is 2. The second-order valence-corrected chi connectivity index (χ2v) is 9.22. The Morgan fingerprint density at radius 2 is 1.73 bits per heavy atom. The zero-order valence-corrected chi connectivity index (χ0v) is 19.3. The van der Waals surface area contributed by atoms with Gasteiger partial charge in [-0.1, -0.05) is 30.3 Å². The van der Waals surface area contributed by atoms with Crippen LogP contribution in [0.1, 0.15) is 11.7 Å². The Labute approximate surface area is 193 Å². The second-order valence-electron chi connectivity index (χ2n) is 7.48. The van der Waals surface area contributed by atoms with Crippen molar-refractivity contribution in [1.82, 2.24) is 5.32 Å². The molecule has 0 radical (unpaired) electrons. The molecule has 0 saturated heterocycles. The lowest BCUT2D eigenvalue weighted by Gasteiger charge is -2.15. The number of hydrogen-bond donors (Lipinski definition) is 4. The van der Waals surface area contributed by atoms with Crippen LogP contribution in [0.15, 0.2) is 66.7 Å². The molecule has 0 amide bonds. The van der Waals surface area contributed by atoms with E-state index in [1.807, 2.05) is 48.5 Å². The second kappa shape index (κ2) is 11.0. The molecule has 0 unspecified atom stereocenters. The van der Waals surface area contributed by atoms with Crippen LogP contribution in [0.5, 0.6) is 17.2 Å². The normalized spacial score (nSPS) is 12.2. The van der Waals surface area contributed by atoms with Gasteiger partial charge in [0.05, 0.1) is 25.2 Å². The van der Waals surface area contributed by atoms with Gasteiger partial charge >= 0.3 is 0 Å². The minimum absolute atomic E-state index is 0.0229. The van der Waals surface area contributed by atoms with Crippen LogP contribution in [0.25, 0.3) is 11.1 Å². The van der Waals surface area contributed by atoms with E-state index in [0.717, 1.165) is 28.9 Å². The zero-order chi connectivity index (χ0) is 23.8. The molecule has 0 bridgehead atoms. The van der Waals surface area contributed by atoms with Crippen molar-refractivity contribution in [1.29, 1.82) is 0 Å². The average molecular weight is 473 g/mol. The molecular weight excluding hydrogens is 444 g/mol. The first kappa shape index (κ1) is 24.4. The molecule has 0 aliphatic rings. The topological polar surface area (TPSA) is 117 Å². The molecule has 0 aromatic heterocycles. The standard InChI is InChI=1S/C24H28N2O6S/c1-31-21-5-3-4-18(14-21)17-6-9-20(10-7-17)32-13-12-25-16-24(28)19-8-11-23(27)22(15-19)26-33(2,29)30/h3-11,14-15,24-28H,12-13,16H2,1-2H3/t24-/m0/s1. The molecule has 0 fully saturated rings. The highest BCUT2D eigenvalue weighted by atomic mass is 32.2. The third-order valence-electron chi connectivity index (χ3n) is 4.84. The molecule has 1 atom stereocenters. The number of aliphatic hydroxyl groups excluding tert-OH is 1. The maximum atomic E-state index is 11.4. The fourth-order valence-corrected chi connectivity index (χ4v) is 3.75. The first-order valence-electron chi connectivity index (χ1n) is 10.3. The van der Waals surface area contributed by atoms with Crippen LogP contribution in [-0.4, -0.2) is 51.7 Å². The van der Waals surface area contributed by atoms with Gasteiger partial charge in [0.25, 0.3) is 0 Å². The van der Waals surface area contributed by atoms with Crippen molar-refractivity contribution < 1.29 is 28.1 Å². The minimum atomic E-state index is -3.54. The number of aromatic hydroxyl groups is 1. The lowest BCUT2D eigenvalue weighted by Crippen LogP contribution is -2.26. The van der Waals surface area contributed by atoms with Crippen LogP contribution < -0.4 is 19.5 Å². The summed E-state index contributed by atoms with van der Waals surface area (Å²) in [7, 11) is -1.90. The summed E-state index contributed by atoms with van der Waals surface area (Å²) in [6.45, 7) is 1.14. The Morgan fingerprint density at radius 1 is 0.970 bits per heavy atom. The summed E-state index contributed by atoms with van der Waals surface area (Å²) in [4.78, 5) is 0. The molecular formula is C24H28N2O6S. The van der Waals surface area contributed by atoms with Gasteiger partial charge in [-0.2, -0.15) is 0 Å². The van der Waals surface area contributed by atoms with E-state index < -0.39 is 16.1 Å². The number of sulfonamides is 1. The van der Waals surface area contributed by atoms with E-state index in [-0.39, 0.29) is 18.0 Å². The van der Waals surface area contributed by atoms with Crippen LogP contribution in [0.3, 0.4) is 0 Å². The third-order valence-corrected chi connectivity index (χ3v) is 5.43. The fraction of sp³-hybridized carbons (Fsp3) is 0.250. The largest absolute Gasteiger partial charge is 0.506 e. The van der Waals surface area contributed by atoms with E-state index >= 15 is 0 Å². The minimum Gasteiger partial charge on any atom is -0.506 e. The predicted octanol–water partition coefficient (Wildman–Crippen LogP) is 3.14. The van der Waals surface area contributed by atoms with E-state index in [1.54, 1.807) is 7.11 Å². The molecule has 33 heavy (non-hydrogen) atoms. The Morgan fingerprint density at radius 3 is 2.42 bits per heavy atom. The van der Waals surface area contributed by atoms with Gasteiger partial charge in [0.15, 0.2) is 0 Å². The highest BCUT2D eigenvalue weighted by Gasteiger charge is 2.13. The quantitative estimate of drug-likeness (QED) is 0.250. The van der Waals surface area contributed by atoms with Gasteiger partial charge in [-0.25, -0.2) is 8.42 Å². The number of nitrogens with one attached hydrogen (secondary N) is 2. The third kappa shape index (κ3) is 7.38. The van der Waals surface area contributed by atoms with Gasteiger partial charge in [-0.15, -0.1) is 0 Å². The van der Waals surface area contributed by atoms with E-state index in [2.05, 4.69) is 10.0 Å². The van der Waals surface area contributed by atoms with E-state index in [0.29, 0.717) is 18.7 Å². The summed E-state index contributed by atoms with van der Waals surface area (Å²) in [5.41, 5.74) is 2.61. The molecule has 0 spiro atoms. The number of phenolic OH excluding ortho intramolecular Hbond substituents is 1. The highest BCUT2D eigenvalue weighted by Crippen LogP contribution is 2.28. The molecule has 0 aliphatic heterocycles. The van der Waals surface area contributed by atoms with E-state index in [4.69, 9.17) is 9.47 Å². The molecule has 3 rings (SSSR count). The Balaban J connectivity index is 1.45. The first-order valence-corrected chi connectivity index (χ1v) is 12.2. The molecule has 3 aromatic rings. The fourth-order valence-electron chi connectivity index (χ4n) is 3.19. The average Bonchev–Trinajstić information content (AvgIpc) is 2.79. The van der Waals surface area contributed by atoms with Crippen molar-refractivity contribution in [2.24, 2.45) is 0 Å². The number of benzene rings is 3. The first-order chi connectivity index (χ1) is 15.7. The zero-order valence-electron chi connectivity index (χ0n) is 18.5. The van der Waals surface area contributed by atoms with Crippen LogP contribution in [-0.2, 0) is 10.0 Å². The summed E-state index contributed by atoms with van der Waals surface area (Å²) >= 11 is 0. The monoisotopic (exact) mass is 472 g/mol. The molecule has 0 heterocycles. The van der Waals surface area contributed by atoms with Gasteiger partial charge in [0.2, 0.25) is 10.0 Å². The summed E-state index contributed by atoms with van der Waals surface area (Å²) in [6.07, 6.45) is 0.108. The van der Waals surface area contributed by atoms with Crippen LogP contribution in [0.4, 0.5) is 5.69 Å². The van der Waals surface area contributed by atoms with Gasteiger partial charge in [0.1, 0.15) is 23.9 Å². The summed E-state index contributed by atoms with van der Waals surface area (Å²) < 4.78 is 36.0. The molecule has 176 valence electrons. The summed E-state index contributed by atoms with van der Waals surface area (Å²) in [5, 5.41) is 23.2. The van der Waals surface area contributed by atoms with Crippen molar-refractivity contribution in [2.75, 3.05) is 37.8 Å². The Bertz CT molecular complexity index is 1170. The molecule has 9 heteroatoms. The maximum Gasteiger partial charge on any atom is 0.229 e. The summed E-state index contributed by atoms with van der Waals surface area (Å²) in [5.74, 6) is 1.32. The van der Waals surface area contributed by atoms with Crippen molar-refractivity contribution in [2.45, 2.75) is 6.10 Å². The van der Waals surface area contributed by atoms with Crippen molar-refractivity contribution in [3.05, 3.63) is 72.3 Å². The molecule has 4 N–H and O–H groups in total. The number of anilines is 1. The van der Waals surface area contributed by atoms with Crippen molar-refractivity contribution >= 4 is 15.7 Å². The predicted molar refractivity (Wildman–Crippen MR) is 128 cm³/mol. The SMILES string of the molecule is COc1cccc(-c2ccc(OCCNC[C@H](O)c3ccc(O)c(NS(C)(=O)=O)c3)cc2)c1. The van der Waals surface area contributed by atoms with Gasteiger partial charge < -0.3 is 25.0 Å². The van der Waals surface area contributed by atoms with Crippen molar-refractivity contribution in [3.63, 3.8) is 0 Å². The highest BCUT2D eigenvalue weighted by molar-refractivity contribution is 7.92. The smallest absolute Gasteiger partial charge is 0.229 e. The molecule has 0 aliphatic carbocycles. The van der Waals surface area contributed by atoms with Crippen LogP contribution in [0.2, 0.25) is 0 Å². The van der Waals surface area contributed by atoms with Crippen LogP contribution >= 0.6 is 0 Å². The lowest BCUT2D eigenvalue weighted by atomic mass is 10.1. The molecule has 8 nitrogen and oxygen atoms in total. The number of methoxy groups -OCH3 is 1. The van der Waals surface area contributed by atoms with E-state index in [1.165, 1.54) is 18.2 Å². The van der Waals surface area contributed by atoms with Gasteiger partial charge in [0, 0.05) is 13.1 Å². The Kier molecular flexibility index (Phi) is 8.16. The number of rotatable bonds is 11. The van der Waals surface area contributed by atoms with Gasteiger partial charge in [-0.05, 0) is 53.1 Å². The maximum absolute atomic E-state index is 11.4. The Hall–Kier alpha value is -3.27. The molecule has 3 aromatic carbocycles. The molecule has 0 saturated carbocycles. The van der Waals surface area contributed by atoms with Crippen molar-refractivity contribution in [3.8, 4) is 28.4 Å². The van der Waals surface area contributed by atoms with E-state index in [9.17, 15) is 18.6 Å². The number of hydrogen-bond acceptors (Lipinski definition) is 7. The number of phenols is 1. The van der Waals surface area contributed by atoms with Crippen LogP contribution in [0, 0.1) is 0 Å². The van der Waals surface area contributed by atoms with Gasteiger partial charge in [-0.3, -0.25) is 4.72 Å². The lowest BCUT2D eigenvalue weighted by molar-refractivity contribution is 0.172. The number of aliphatic hydroxyl groups is 1.